The van der Waals surface area contributed by atoms with E-state index in [1.807, 2.05) is 36.4 Å². The molecule has 7 heteroatoms. The van der Waals surface area contributed by atoms with Gasteiger partial charge in [0.2, 0.25) is 0 Å². The molecule has 3 rings (SSSR count). The number of nitrogens with zero attached hydrogens (tertiary/aromatic N) is 4. The highest BCUT2D eigenvalue weighted by Crippen LogP contribution is 2.40. The van der Waals surface area contributed by atoms with E-state index >= 15 is 0 Å². The summed E-state index contributed by atoms with van der Waals surface area (Å²) in [5.41, 5.74) is 10.8. The van der Waals surface area contributed by atoms with Gasteiger partial charge in [-0.1, -0.05) is 52.0 Å². The standard InChI is InChI=1S/C17H15Cl3N4/c18-12-3-1-11(2-4-12)17-10-14(22-23-21)7-8-24(17)16-6-5-13(19)9-15(16)20/h1-6,9,14,17H,7-8,10H2/t14-,17+/m1/s1. The molecule has 0 bridgehead atoms. The molecule has 2 atom stereocenters. The van der Waals surface area contributed by atoms with Gasteiger partial charge in [-0.3, -0.25) is 0 Å². The summed E-state index contributed by atoms with van der Waals surface area (Å²) < 4.78 is 0. The third kappa shape index (κ3) is 3.73. The zero-order chi connectivity index (χ0) is 17.1. The second-order valence-electron chi connectivity index (χ2n) is 5.74. The van der Waals surface area contributed by atoms with E-state index in [1.54, 1.807) is 6.07 Å². The van der Waals surface area contributed by atoms with Crippen LogP contribution < -0.4 is 4.90 Å². The van der Waals surface area contributed by atoms with Crippen molar-refractivity contribution >= 4 is 40.5 Å². The third-order valence-electron chi connectivity index (χ3n) is 4.26. The highest BCUT2D eigenvalue weighted by Gasteiger charge is 2.30. The van der Waals surface area contributed by atoms with Crippen LogP contribution in [0.25, 0.3) is 10.4 Å². The Morgan fingerprint density at radius 1 is 1.04 bits per heavy atom. The molecule has 1 aliphatic heterocycles. The zero-order valence-corrected chi connectivity index (χ0v) is 15.0. The smallest absolute Gasteiger partial charge is 0.0654 e. The maximum Gasteiger partial charge on any atom is 0.0654 e. The van der Waals surface area contributed by atoms with Crippen molar-refractivity contribution in [2.75, 3.05) is 11.4 Å². The van der Waals surface area contributed by atoms with Gasteiger partial charge in [0.25, 0.3) is 0 Å². The molecular formula is C17H15Cl3N4. The molecule has 0 radical (unpaired) electrons. The summed E-state index contributed by atoms with van der Waals surface area (Å²) in [6.07, 6.45) is 1.51. The highest BCUT2D eigenvalue weighted by atomic mass is 35.5. The molecule has 124 valence electrons. The van der Waals surface area contributed by atoms with Crippen molar-refractivity contribution in [2.45, 2.75) is 24.9 Å². The van der Waals surface area contributed by atoms with Gasteiger partial charge in [0.1, 0.15) is 0 Å². The fraction of sp³-hybridized carbons (Fsp3) is 0.294. The van der Waals surface area contributed by atoms with Crippen LogP contribution in [-0.2, 0) is 0 Å². The summed E-state index contributed by atoms with van der Waals surface area (Å²) in [6, 6.07) is 13.3. The molecule has 0 unspecified atom stereocenters. The summed E-state index contributed by atoms with van der Waals surface area (Å²) in [5, 5.41) is 5.83. The summed E-state index contributed by atoms with van der Waals surface area (Å²) in [6.45, 7) is 0.748. The first-order valence-corrected chi connectivity index (χ1v) is 8.73. The minimum Gasteiger partial charge on any atom is -0.363 e. The lowest BCUT2D eigenvalue weighted by Crippen LogP contribution is -2.38. The SMILES string of the molecule is [N-]=[N+]=N[C@@H]1CCN(c2ccc(Cl)cc2Cl)[C@H](c2ccc(Cl)cc2)C1. The number of halogens is 3. The summed E-state index contributed by atoms with van der Waals surface area (Å²) in [4.78, 5) is 5.21. The fourth-order valence-corrected chi connectivity index (χ4v) is 3.77. The number of anilines is 1. The average Bonchev–Trinajstić information content (AvgIpc) is 2.56. The molecule has 4 nitrogen and oxygen atoms in total. The average molecular weight is 382 g/mol. The van der Waals surface area contributed by atoms with Crippen molar-refractivity contribution in [2.24, 2.45) is 5.11 Å². The van der Waals surface area contributed by atoms with Crippen molar-refractivity contribution in [3.8, 4) is 0 Å². The quantitative estimate of drug-likeness (QED) is 0.333. The van der Waals surface area contributed by atoms with Crippen LogP contribution in [0.1, 0.15) is 24.4 Å². The number of benzene rings is 2. The second-order valence-corrected chi connectivity index (χ2v) is 7.02. The van der Waals surface area contributed by atoms with Crippen LogP contribution >= 0.6 is 34.8 Å². The van der Waals surface area contributed by atoms with Crippen molar-refractivity contribution in [1.29, 1.82) is 0 Å². The maximum atomic E-state index is 8.76. The minimum absolute atomic E-state index is 0.0296. The minimum atomic E-state index is -0.0296. The molecule has 0 aliphatic carbocycles. The van der Waals surface area contributed by atoms with Gasteiger partial charge in [-0.2, -0.15) is 0 Å². The van der Waals surface area contributed by atoms with Crippen LogP contribution in [0.3, 0.4) is 0 Å². The molecule has 0 N–H and O–H groups in total. The van der Waals surface area contributed by atoms with Crippen LogP contribution in [0.15, 0.2) is 47.6 Å². The molecule has 0 aromatic heterocycles. The maximum absolute atomic E-state index is 8.76. The Balaban J connectivity index is 1.99. The van der Waals surface area contributed by atoms with Crippen molar-refractivity contribution in [3.05, 3.63) is 73.5 Å². The van der Waals surface area contributed by atoms with E-state index in [0.717, 1.165) is 30.6 Å². The van der Waals surface area contributed by atoms with Gasteiger partial charge in [0.05, 0.1) is 16.8 Å². The van der Waals surface area contributed by atoms with E-state index in [0.29, 0.717) is 15.1 Å². The van der Waals surface area contributed by atoms with Gasteiger partial charge in [-0.15, -0.1) is 0 Å². The number of hydrogen-bond donors (Lipinski definition) is 0. The number of azide groups is 1. The van der Waals surface area contributed by atoms with Crippen molar-refractivity contribution in [3.63, 3.8) is 0 Å². The lowest BCUT2D eigenvalue weighted by atomic mass is 9.91. The molecule has 0 saturated carbocycles. The van der Waals surface area contributed by atoms with Crippen LogP contribution in [0, 0.1) is 0 Å². The molecular weight excluding hydrogens is 367 g/mol. The molecule has 1 saturated heterocycles. The van der Waals surface area contributed by atoms with Crippen LogP contribution in [0.2, 0.25) is 15.1 Å². The van der Waals surface area contributed by atoms with E-state index in [1.165, 1.54) is 0 Å². The molecule has 1 fully saturated rings. The van der Waals surface area contributed by atoms with Crippen LogP contribution in [0.4, 0.5) is 5.69 Å². The first-order chi connectivity index (χ1) is 11.6. The summed E-state index contributed by atoms with van der Waals surface area (Å²) >= 11 is 18.4. The van der Waals surface area contributed by atoms with E-state index in [2.05, 4.69) is 14.9 Å². The van der Waals surface area contributed by atoms with Crippen molar-refractivity contribution in [1.82, 2.24) is 0 Å². The van der Waals surface area contributed by atoms with E-state index in [9.17, 15) is 0 Å². The zero-order valence-electron chi connectivity index (χ0n) is 12.7. The Labute approximate surface area is 155 Å². The number of hydrogen-bond acceptors (Lipinski definition) is 2. The normalized spacial score (nSPS) is 20.5. The van der Waals surface area contributed by atoms with E-state index in [-0.39, 0.29) is 12.1 Å². The molecule has 2 aromatic carbocycles. The predicted octanol–water partition coefficient (Wildman–Crippen LogP) is 6.67. The molecule has 0 amide bonds. The Bertz CT molecular complexity index is 772. The third-order valence-corrected chi connectivity index (χ3v) is 5.05. The van der Waals surface area contributed by atoms with Gasteiger partial charge < -0.3 is 4.90 Å². The summed E-state index contributed by atoms with van der Waals surface area (Å²) in [7, 11) is 0. The number of rotatable bonds is 3. The van der Waals surface area contributed by atoms with Gasteiger partial charge in [0.15, 0.2) is 0 Å². The van der Waals surface area contributed by atoms with Gasteiger partial charge in [-0.05, 0) is 54.3 Å². The highest BCUT2D eigenvalue weighted by molar-refractivity contribution is 6.36. The first-order valence-electron chi connectivity index (χ1n) is 7.60. The van der Waals surface area contributed by atoms with Crippen LogP contribution in [0.5, 0.6) is 0 Å². The summed E-state index contributed by atoms with van der Waals surface area (Å²) in [5.74, 6) is 0. The topological polar surface area (TPSA) is 52.0 Å². The van der Waals surface area contributed by atoms with Crippen molar-refractivity contribution < 1.29 is 0 Å². The Morgan fingerprint density at radius 3 is 2.42 bits per heavy atom. The van der Waals surface area contributed by atoms with Crippen LogP contribution in [-0.4, -0.2) is 12.6 Å². The predicted molar refractivity (Wildman–Crippen MR) is 100 cm³/mol. The van der Waals surface area contributed by atoms with Gasteiger partial charge >= 0.3 is 0 Å². The lowest BCUT2D eigenvalue weighted by Gasteiger charge is -2.40. The molecule has 0 spiro atoms. The Hall–Kier alpha value is -1.58. The molecule has 24 heavy (non-hydrogen) atoms. The first kappa shape index (κ1) is 17.2. The Kier molecular flexibility index (Phi) is 5.42. The molecule has 2 aromatic rings. The van der Waals surface area contributed by atoms with Gasteiger partial charge in [-0.25, -0.2) is 0 Å². The second kappa shape index (κ2) is 7.54. The lowest BCUT2D eigenvalue weighted by molar-refractivity contribution is 0.419. The van der Waals surface area contributed by atoms with Gasteiger partial charge in [0, 0.05) is 27.5 Å². The monoisotopic (exact) mass is 380 g/mol. The molecule has 1 heterocycles. The van der Waals surface area contributed by atoms with E-state index < -0.39 is 0 Å². The molecule has 1 aliphatic rings. The largest absolute Gasteiger partial charge is 0.363 e. The Morgan fingerprint density at radius 2 is 1.75 bits per heavy atom. The number of piperidine rings is 1. The fourth-order valence-electron chi connectivity index (χ4n) is 3.13. The van der Waals surface area contributed by atoms with E-state index in [4.69, 9.17) is 40.3 Å².